The Morgan fingerprint density at radius 3 is 2.07 bits per heavy atom. The zero-order valence-electron chi connectivity index (χ0n) is 25.5. The molecule has 0 heterocycles. The summed E-state index contributed by atoms with van der Waals surface area (Å²) in [6, 6.07) is 20.8. The lowest BCUT2D eigenvalue weighted by atomic mass is 9.94. The number of carbonyl (C=O) groups excluding carboxylic acids is 2. The van der Waals surface area contributed by atoms with E-state index in [1.165, 1.54) is 4.90 Å². The molecule has 44 heavy (non-hydrogen) atoms. The predicted molar refractivity (Wildman–Crippen MR) is 179 cm³/mol. The van der Waals surface area contributed by atoms with Crippen LogP contribution in [0, 0.1) is 0 Å². The first kappa shape index (κ1) is 33.8. The van der Waals surface area contributed by atoms with Crippen LogP contribution in [-0.4, -0.2) is 50.0 Å². The molecule has 0 radical (unpaired) electrons. The summed E-state index contributed by atoms with van der Waals surface area (Å²) in [5, 5.41) is 3.90. The average molecular weight is 659 g/mol. The van der Waals surface area contributed by atoms with Crippen molar-refractivity contribution in [3.63, 3.8) is 0 Å². The molecule has 1 atom stereocenters. The topological polar surface area (TPSA) is 86.8 Å². The van der Waals surface area contributed by atoms with Crippen molar-refractivity contribution in [2.24, 2.45) is 0 Å². The molecule has 1 aliphatic carbocycles. The van der Waals surface area contributed by atoms with Crippen LogP contribution in [0.5, 0.6) is 0 Å². The molecule has 3 aromatic carbocycles. The van der Waals surface area contributed by atoms with E-state index in [1.54, 1.807) is 30.3 Å². The lowest BCUT2D eigenvalue weighted by Crippen LogP contribution is -2.55. The molecule has 0 aliphatic heterocycles. The summed E-state index contributed by atoms with van der Waals surface area (Å²) in [6.45, 7) is 3.53. The van der Waals surface area contributed by atoms with Gasteiger partial charge in [0.2, 0.25) is 21.8 Å². The second-order valence-electron chi connectivity index (χ2n) is 11.8. The van der Waals surface area contributed by atoms with Crippen molar-refractivity contribution >= 4 is 50.7 Å². The Hall–Kier alpha value is -3.07. The lowest BCUT2D eigenvalue weighted by molar-refractivity contribution is -0.140. The number of hydrogen-bond acceptors (Lipinski definition) is 4. The van der Waals surface area contributed by atoms with Crippen molar-refractivity contribution < 1.29 is 18.0 Å². The second-order valence-corrected chi connectivity index (χ2v) is 14.5. The van der Waals surface area contributed by atoms with Crippen molar-refractivity contribution in [3.8, 4) is 0 Å². The highest BCUT2D eigenvalue weighted by molar-refractivity contribution is 7.92. The molecule has 1 aliphatic rings. The van der Waals surface area contributed by atoms with Crippen LogP contribution in [0.1, 0.15) is 68.6 Å². The number of anilines is 1. The minimum Gasteiger partial charge on any atom is -0.352 e. The smallest absolute Gasteiger partial charge is 0.244 e. The average Bonchev–Trinajstić information content (AvgIpc) is 2.99. The molecule has 1 saturated carbocycles. The van der Waals surface area contributed by atoms with Crippen LogP contribution < -0.4 is 9.62 Å². The fourth-order valence-corrected chi connectivity index (χ4v) is 6.96. The molecule has 0 bridgehead atoms. The maximum Gasteiger partial charge on any atom is 0.244 e. The highest BCUT2D eigenvalue weighted by Gasteiger charge is 2.34. The monoisotopic (exact) mass is 657 g/mol. The maximum atomic E-state index is 14.4. The number of hydrogen-bond donors (Lipinski definition) is 1. The molecule has 0 aromatic heterocycles. The van der Waals surface area contributed by atoms with E-state index in [4.69, 9.17) is 23.2 Å². The number of nitrogens with one attached hydrogen (secondary N) is 1. The number of sulfonamides is 1. The van der Waals surface area contributed by atoms with Gasteiger partial charge in [0.25, 0.3) is 0 Å². The van der Waals surface area contributed by atoms with E-state index < -0.39 is 28.5 Å². The summed E-state index contributed by atoms with van der Waals surface area (Å²) in [4.78, 5) is 29.9. The maximum absolute atomic E-state index is 14.4. The van der Waals surface area contributed by atoms with Gasteiger partial charge in [-0.05, 0) is 54.2 Å². The highest BCUT2D eigenvalue weighted by atomic mass is 35.5. The SMILES string of the molecule is CC(C)c1ccc(N(CC(=O)N(Cc2c(Cl)cccc2Cl)C(Cc2ccccc2)C(=O)NC2CCCCC2)S(C)(=O)=O)cc1. The van der Waals surface area contributed by atoms with Crippen LogP contribution in [0.25, 0.3) is 0 Å². The number of benzene rings is 3. The van der Waals surface area contributed by atoms with E-state index in [0.29, 0.717) is 21.3 Å². The van der Waals surface area contributed by atoms with Gasteiger partial charge in [-0.3, -0.25) is 13.9 Å². The molecule has 3 aromatic rings. The molecular weight excluding hydrogens is 617 g/mol. The van der Waals surface area contributed by atoms with E-state index in [0.717, 1.165) is 53.8 Å². The fraction of sp³-hybridized carbons (Fsp3) is 0.412. The number of halogens is 2. The third-order valence-corrected chi connectivity index (χ3v) is 9.99. The van der Waals surface area contributed by atoms with Gasteiger partial charge in [-0.1, -0.05) is 105 Å². The Morgan fingerprint density at radius 2 is 1.50 bits per heavy atom. The molecule has 236 valence electrons. The second kappa shape index (κ2) is 15.3. The minimum atomic E-state index is -3.86. The van der Waals surface area contributed by atoms with Crippen molar-refractivity contribution in [1.29, 1.82) is 0 Å². The van der Waals surface area contributed by atoms with Gasteiger partial charge in [0.05, 0.1) is 11.9 Å². The van der Waals surface area contributed by atoms with Crippen molar-refractivity contribution in [3.05, 3.63) is 99.5 Å². The molecule has 7 nitrogen and oxygen atoms in total. The molecular formula is C34H41Cl2N3O4S. The Labute approximate surface area is 271 Å². The summed E-state index contributed by atoms with van der Waals surface area (Å²) in [7, 11) is -3.86. The first-order chi connectivity index (χ1) is 20.9. The van der Waals surface area contributed by atoms with Crippen LogP contribution in [0.2, 0.25) is 10.0 Å². The van der Waals surface area contributed by atoms with Gasteiger partial charge < -0.3 is 10.2 Å². The van der Waals surface area contributed by atoms with Crippen LogP contribution in [0.3, 0.4) is 0 Å². The van der Waals surface area contributed by atoms with Gasteiger partial charge in [0, 0.05) is 34.6 Å². The van der Waals surface area contributed by atoms with E-state index in [2.05, 4.69) is 19.2 Å². The fourth-order valence-electron chi connectivity index (χ4n) is 5.59. The van der Waals surface area contributed by atoms with E-state index in [-0.39, 0.29) is 30.8 Å². The van der Waals surface area contributed by atoms with Crippen LogP contribution >= 0.6 is 23.2 Å². The molecule has 2 amide bonds. The van der Waals surface area contributed by atoms with Crippen LogP contribution in [0.4, 0.5) is 5.69 Å². The van der Waals surface area contributed by atoms with Crippen molar-refractivity contribution in [1.82, 2.24) is 10.2 Å². The lowest BCUT2D eigenvalue weighted by Gasteiger charge is -2.35. The summed E-state index contributed by atoms with van der Waals surface area (Å²) < 4.78 is 27.2. The Bertz CT molecular complexity index is 1510. The van der Waals surface area contributed by atoms with Gasteiger partial charge in [0.15, 0.2) is 0 Å². The summed E-state index contributed by atoms with van der Waals surface area (Å²) in [5.74, 6) is -0.571. The molecule has 4 rings (SSSR count). The normalized spacial score (nSPS) is 14.7. The summed E-state index contributed by atoms with van der Waals surface area (Å²) in [5.41, 5.74) is 2.77. The highest BCUT2D eigenvalue weighted by Crippen LogP contribution is 2.29. The third kappa shape index (κ3) is 8.99. The Morgan fingerprint density at radius 1 is 0.886 bits per heavy atom. The Kier molecular flexibility index (Phi) is 11.7. The number of carbonyl (C=O) groups is 2. The molecule has 1 unspecified atom stereocenters. The zero-order valence-corrected chi connectivity index (χ0v) is 27.8. The van der Waals surface area contributed by atoms with Crippen LogP contribution in [-0.2, 0) is 32.6 Å². The van der Waals surface area contributed by atoms with Gasteiger partial charge in [-0.15, -0.1) is 0 Å². The molecule has 0 spiro atoms. The third-order valence-electron chi connectivity index (χ3n) is 8.14. The number of amides is 2. The van der Waals surface area contributed by atoms with Crippen LogP contribution in [0.15, 0.2) is 72.8 Å². The van der Waals surface area contributed by atoms with Gasteiger partial charge in [-0.2, -0.15) is 0 Å². The first-order valence-electron chi connectivity index (χ1n) is 15.1. The molecule has 10 heteroatoms. The van der Waals surface area contributed by atoms with E-state index in [1.807, 2.05) is 42.5 Å². The van der Waals surface area contributed by atoms with E-state index in [9.17, 15) is 18.0 Å². The zero-order chi connectivity index (χ0) is 31.9. The van der Waals surface area contributed by atoms with Crippen molar-refractivity contribution in [2.75, 3.05) is 17.1 Å². The molecule has 1 fully saturated rings. The first-order valence-corrected chi connectivity index (χ1v) is 17.7. The largest absolute Gasteiger partial charge is 0.352 e. The molecule has 1 N–H and O–H groups in total. The Balaban J connectivity index is 1.75. The molecule has 0 saturated heterocycles. The standard InChI is InChI=1S/C34H41Cl2N3O4S/c1-24(2)26-17-19-28(20-18-26)39(44(3,42)43)23-33(40)38(22-29-30(35)15-10-16-31(29)36)32(21-25-11-6-4-7-12-25)34(41)37-27-13-8-5-9-14-27/h4,6-7,10-12,15-20,24,27,32H,5,8-9,13-14,21-23H2,1-3H3,(H,37,41). The predicted octanol–water partition coefficient (Wildman–Crippen LogP) is 6.97. The number of rotatable bonds is 12. The van der Waals surface area contributed by atoms with Gasteiger partial charge in [-0.25, -0.2) is 8.42 Å². The van der Waals surface area contributed by atoms with Gasteiger partial charge >= 0.3 is 0 Å². The minimum absolute atomic E-state index is 0.0161. The van der Waals surface area contributed by atoms with Gasteiger partial charge in [0.1, 0.15) is 12.6 Å². The quantitative estimate of drug-likeness (QED) is 0.228. The summed E-state index contributed by atoms with van der Waals surface area (Å²) >= 11 is 13.1. The van der Waals surface area contributed by atoms with Crippen molar-refractivity contribution in [2.45, 2.75) is 76.9 Å². The summed E-state index contributed by atoms with van der Waals surface area (Å²) in [6.07, 6.45) is 6.26. The van der Waals surface area contributed by atoms with E-state index >= 15 is 0 Å². The number of nitrogens with zero attached hydrogens (tertiary/aromatic N) is 2.